The van der Waals surface area contributed by atoms with Gasteiger partial charge in [0, 0.05) is 6.04 Å². The second kappa shape index (κ2) is 5.65. The number of hydrogen-bond donors (Lipinski definition) is 2. The topological polar surface area (TPSA) is 24.1 Å². The van der Waals surface area contributed by atoms with Gasteiger partial charge in [0.25, 0.3) is 0 Å². The van der Waals surface area contributed by atoms with Gasteiger partial charge in [0.1, 0.15) is 0 Å². The first kappa shape index (κ1) is 12.6. The van der Waals surface area contributed by atoms with E-state index in [2.05, 4.69) is 55.8 Å². The van der Waals surface area contributed by atoms with Crippen LogP contribution in [0.3, 0.4) is 0 Å². The summed E-state index contributed by atoms with van der Waals surface area (Å²) in [7, 11) is 2.07. The summed E-state index contributed by atoms with van der Waals surface area (Å²) in [4.78, 5) is 0. The third kappa shape index (κ3) is 2.88. The molecule has 17 heavy (non-hydrogen) atoms. The molecule has 1 aliphatic rings. The smallest absolute Gasteiger partial charge is 0.0358 e. The first-order chi connectivity index (χ1) is 8.22. The molecule has 1 aromatic carbocycles. The SMILES string of the molecule is CNC(c1ccc(C(C)C)cc1)C1CCNC1. The van der Waals surface area contributed by atoms with E-state index in [1.807, 2.05) is 0 Å². The summed E-state index contributed by atoms with van der Waals surface area (Å²) in [5.74, 6) is 1.34. The van der Waals surface area contributed by atoms with Gasteiger partial charge in [-0.1, -0.05) is 38.1 Å². The van der Waals surface area contributed by atoms with Gasteiger partial charge in [-0.05, 0) is 49.5 Å². The first-order valence-electron chi connectivity index (χ1n) is 6.70. The lowest BCUT2D eigenvalue weighted by molar-refractivity contribution is 0.410. The Hall–Kier alpha value is -0.860. The highest BCUT2D eigenvalue weighted by Gasteiger charge is 2.24. The quantitative estimate of drug-likeness (QED) is 0.834. The molecule has 94 valence electrons. The summed E-state index contributed by atoms with van der Waals surface area (Å²) in [6, 6.07) is 9.61. The van der Waals surface area contributed by atoms with E-state index < -0.39 is 0 Å². The highest BCUT2D eigenvalue weighted by Crippen LogP contribution is 2.27. The number of hydrogen-bond acceptors (Lipinski definition) is 2. The fraction of sp³-hybridized carbons (Fsp3) is 0.600. The minimum absolute atomic E-state index is 0.492. The Labute approximate surface area is 105 Å². The van der Waals surface area contributed by atoms with Gasteiger partial charge >= 0.3 is 0 Å². The molecule has 2 heteroatoms. The number of rotatable bonds is 4. The lowest BCUT2D eigenvalue weighted by Gasteiger charge is -2.23. The van der Waals surface area contributed by atoms with Crippen LogP contribution < -0.4 is 10.6 Å². The van der Waals surface area contributed by atoms with Gasteiger partial charge in [-0.3, -0.25) is 0 Å². The summed E-state index contributed by atoms with van der Waals surface area (Å²) < 4.78 is 0. The van der Waals surface area contributed by atoms with Crippen LogP contribution in [0.4, 0.5) is 0 Å². The van der Waals surface area contributed by atoms with Crippen LogP contribution >= 0.6 is 0 Å². The van der Waals surface area contributed by atoms with Gasteiger partial charge in [0.2, 0.25) is 0 Å². The van der Waals surface area contributed by atoms with E-state index >= 15 is 0 Å². The van der Waals surface area contributed by atoms with Crippen molar-refractivity contribution >= 4 is 0 Å². The zero-order valence-corrected chi connectivity index (χ0v) is 11.2. The predicted molar refractivity (Wildman–Crippen MR) is 73.3 cm³/mol. The molecule has 0 aliphatic carbocycles. The van der Waals surface area contributed by atoms with E-state index in [4.69, 9.17) is 0 Å². The molecule has 0 saturated carbocycles. The summed E-state index contributed by atoms with van der Waals surface area (Å²) in [6.45, 7) is 6.78. The van der Waals surface area contributed by atoms with Crippen molar-refractivity contribution in [1.29, 1.82) is 0 Å². The Morgan fingerprint density at radius 2 is 1.82 bits per heavy atom. The summed E-state index contributed by atoms with van der Waals surface area (Å²) in [5.41, 5.74) is 2.85. The van der Waals surface area contributed by atoms with Crippen LogP contribution in [0.1, 0.15) is 43.4 Å². The molecule has 2 unspecified atom stereocenters. The molecule has 1 aliphatic heterocycles. The van der Waals surface area contributed by atoms with E-state index in [1.54, 1.807) is 0 Å². The largest absolute Gasteiger partial charge is 0.316 e. The Balaban J connectivity index is 2.13. The molecule has 0 amide bonds. The van der Waals surface area contributed by atoms with Crippen molar-refractivity contribution in [2.24, 2.45) is 5.92 Å². The second-order valence-corrected chi connectivity index (χ2v) is 5.34. The molecule has 0 bridgehead atoms. The van der Waals surface area contributed by atoms with Crippen LogP contribution in [0.15, 0.2) is 24.3 Å². The fourth-order valence-electron chi connectivity index (χ4n) is 2.72. The fourth-order valence-corrected chi connectivity index (χ4v) is 2.72. The molecule has 1 fully saturated rings. The average Bonchev–Trinajstić information content (AvgIpc) is 2.84. The maximum absolute atomic E-state index is 3.47. The molecular formula is C15H24N2. The monoisotopic (exact) mass is 232 g/mol. The summed E-state index contributed by atoms with van der Waals surface area (Å²) in [5, 5.41) is 6.92. The number of benzene rings is 1. The first-order valence-corrected chi connectivity index (χ1v) is 6.70. The zero-order chi connectivity index (χ0) is 12.3. The molecule has 2 nitrogen and oxygen atoms in total. The van der Waals surface area contributed by atoms with Crippen molar-refractivity contribution in [3.05, 3.63) is 35.4 Å². The third-order valence-corrected chi connectivity index (χ3v) is 3.84. The third-order valence-electron chi connectivity index (χ3n) is 3.84. The molecule has 2 rings (SSSR count). The van der Waals surface area contributed by atoms with Crippen LogP contribution in [-0.4, -0.2) is 20.1 Å². The Morgan fingerprint density at radius 3 is 2.29 bits per heavy atom. The van der Waals surface area contributed by atoms with Crippen LogP contribution in [0.5, 0.6) is 0 Å². The van der Waals surface area contributed by atoms with Crippen molar-refractivity contribution in [2.75, 3.05) is 20.1 Å². The van der Waals surface area contributed by atoms with E-state index in [0.29, 0.717) is 12.0 Å². The van der Waals surface area contributed by atoms with Gasteiger partial charge < -0.3 is 10.6 Å². The minimum Gasteiger partial charge on any atom is -0.316 e. The Kier molecular flexibility index (Phi) is 4.19. The van der Waals surface area contributed by atoms with Crippen LogP contribution in [-0.2, 0) is 0 Å². The summed E-state index contributed by atoms with van der Waals surface area (Å²) >= 11 is 0. The van der Waals surface area contributed by atoms with E-state index in [1.165, 1.54) is 17.5 Å². The lowest BCUT2D eigenvalue weighted by Crippen LogP contribution is -2.26. The van der Waals surface area contributed by atoms with Crippen molar-refractivity contribution < 1.29 is 0 Å². The highest BCUT2D eigenvalue weighted by molar-refractivity contribution is 5.27. The predicted octanol–water partition coefficient (Wildman–Crippen LogP) is 2.68. The Morgan fingerprint density at radius 1 is 1.18 bits per heavy atom. The van der Waals surface area contributed by atoms with Crippen molar-refractivity contribution in [2.45, 2.75) is 32.2 Å². The standard InChI is InChI=1S/C15H24N2/c1-11(2)12-4-6-13(7-5-12)15(16-3)14-8-9-17-10-14/h4-7,11,14-17H,8-10H2,1-3H3. The molecular weight excluding hydrogens is 208 g/mol. The van der Waals surface area contributed by atoms with E-state index in [0.717, 1.165) is 19.0 Å². The maximum atomic E-state index is 3.47. The molecule has 1 aromatic rings. The van der Waals surface area contributed by atoms with E-state index in [9.17, 15) is 0 Å². The normalized spacial score (nSPS) is 22.0. The number of nitrogens with one attached hydrogen (secondary N) is 2. The van der Waals surface area contributed by atoms with Crippen LogP contribution in [0, 0.1) is 5.92 Å². The van der Waals surface area contributed by atoms with Crippen molar-refractivity contribution in [3.63, 3.8) is 0 Å². The van der Waals surface area contributed by atoms with Crippen molar-refractivity contribution in [3.8, 4) is 0 Å². The zero-order valence-electron chi connectivity index (χ0n) is 11.2. The molecule has 2 atom stereocenters. The van der Waals surface area contributed by atoms with Gasteiger partial charge in [0.05, 0.1) is 0 Å². The molecule has 0 spiro atoms. The van der Waals surface area contributed by atoms with Gasteiger partial charge in [0.15, 0.2) is 0 Å². The molecule has 0 aromatic heterocycles. The van der Waals surface area contributed by atoms with E-state index in [-0.39, 0.29) is 0 Å². The second-order valence-electron chi connectivity index (χ2n) is 5.34. The Bertz CT molecular complexity index is 336. The molecule has 0 radical (unpaired) electrons. The van der Waals surface area contributed by atoms with Crippen LogP contribution in [0.2, 0.25) is 0 Å². The van der Waals surface area contributed by atoms with Crippen molar-refractivity contribution in [1.82, 2.24) is 10.6 Å². The van der Waals surface area contributed by atoms with Gasteiger partial charge in [-0.2, -0.15) is 0 Å². The minimum atomic E-state index is 0.492. The molecule has 2 N–H and O–H groups in total. The summed E-state index contributed by atoms with van der Waals surface area (Å²) in [6.07, 6.45) is 1.28. The molecule has 1 saturated heterocycles. The molecule has 1 heterocycles. The average molecular weight is 232 g/mol. The van der Waals surface area contributed by atoms with Gasteiger partial charge in [-0.25, -0.2) is 0 Å². The van der Waals surface area contributed by atoms with Gasteiger partial charge in [-0.15, -0.1) is 0 Å². The lowest BCUT2D eigenvalue weighted by atomic mass is 9.91. The maximum Gasteiger partial charge on any atom is 0.0358 e. The highest BCUT2D eigenvalue weighted by atomic mass is 15.0. The van der Waals surface area contributed by atoms with Crippen LogP contribution in [0.25, 0.3) is 0 Å².